The minimum atomic E-state index is -1.13. The molecule has 1 aromatic carbocycles. The molecule has 0 spiro atoms. The molecular weight excluding hydrogens is 380 g/mol. The number of aromatic nitrogens is 1. The molecule has 0 saturated heterocycles. The summed E-state index contributed by atoms with van der Waals surface area (Å²) in [6.45, 7) is -0.0769. The molecule has 1 aliphatic rings. The zero-order valence-corrected chi connectivity index (χ0v) is 15.7. The van der Waals surface area contributed by atoms with Crippen molar-refractivity contribution in [1.29, 1.82) is 0 Å². The second-order valence-corrected chi connectivity index (χ2v) is 5.98. The number of carbonyl (C=O) groups excluding carboxylic acids is 2. The van der Waals surface area contributed by atoms with Gasteiger partial charge in [-0.2, -0.15) is 0 Å². The Bertz CT molecular complexity index is 1000. The fourth-order valence-electron chi connectivity index (χ4n) is 2.90. The van der Waals surface area contributed by atoms with Gasteiger partial charge in [-0.15, -0.1) is 0 Å². The van der Waals surface area contributed by atoms with Gasteiger partial charge in [0.25, 0.3) is 0 Å². The van der Waals surface area contributed by atoms with Crippen molar-refractivity contribution in [1.82, 2.24) is 4.98 Å². The number of nitrogens with zero attached hydrogens (tertiary/aromatic N) is 2. The van der Waals surface area contributed by atoms with Crippen molar-refractivity contribution >= 4 is 23.6 Å². The van der Waals surface area contributed by atoms with Gasteiger partial charge in [-0.1, -0.05) is 18.2 Å². The van der Waals surface area contributed by atoms with E-state index in [1.165, 1.54) is 25.2 Å². The van der Waals surface area contributed by atoms with Crippen molar-refractivity contribution in [3.8, 4) is 11.3 Å². The maximum Gasteiger partial charge on any atom is 0.355 e. The second kappa shape index (κ2) is 8.53. The summed E-state index contributed by atoms with van der Waals surface area (Å²) >= 11 is 0. The van der Waals surface area contributed by atoms with Gasteiger partial charge in [-0.05, 0) is 24.3 Å². The first kappa shape index (κ1) is 20.0. The zero-order valence-electron chi connectivity index (χ0n) is 15.7. The van der Waals surface area contributed by atoms with E-state index in [9.17, 15) is 14.4 Å². The fraction of sp³-hybridized carbons (Fsp3) is 0.200. The number of anilines is 1. The molecule has 0 atom stereocenters. The third-order valence-corrected chi connectivity index (χ3v) is 4.25. The van der Waals surface area contributed by atoms with Crippen molar-refractivity contribution in [3.63, 3.8) is 0 Å². The van der Waals surface area contributed by atoms with Crippen LogP contribution < -0.4 is 4.90 Å². The lowest BCUT2D eigenvalue weighted by molar-refractivity contribution is -0.140. The number of benzene rings is 1. The first-order valence-corrected chi connectivity index (χ1v) is 8.52. The van der Waals surface area contributed by atoms with Crippen LogP contribution in [0.4, 0.5) is 5.69 Å². The van der Waals surface area contributed by atoms with E-state index in [-0.39, 0.29) is 30.3 Å². The molecule has 0 amide bonds. The Hall–Kier alpha value is -3.72. The van der Waals surface area contributed by atoms with Gasteiger partial charge in [0.2, 0.25) is 0 Å². The molecule has 3 rings (SSSR count). The van der Waals surface area contributed by atoms with Gasteiger partial charge in [-0.25, -0.2) is 19.4 Å². The first-order valence-electron chi connectivity index (χ1n) is 8.52. The molecule has 1 aromatic heterocycles. The smallest absolute Gasteiger partial charge is 0.355 e. The van der Waals surface area contributed by atoms with Crippen molar-refractivity contribution in [2.75, 3.05) is 32.5 Å². The van der Waals surface area contributed by atoms with Crippen molar-refractivity contribution in [3.05, 3.63) is 59.4 Å². The number of carbonyl (C=O) groups is 3. The highest BCUT2D eigenvalue weighted by molar-refractivity contribution is 6.03. The molecule has 0 aliphatic carbocycles. The number of esters is 2. The maximum atomic E-state index is 12.4. The van der Waals surface area contributed by atoms with Gasteiger partial charge in [0.15, 0.2) is 0 Å². The second-order valence-electron chi connectivity index (χ2n) is 5.98. The predicted molar refractivity (Wildman–Crippen MR) is 101 cm³/mol. The lowest BCUT2D eigenvalue weighted by Crippen LogP contribution is -2.38. The van der Waals surface area contributed by atoms with Crippen LogP contribution in [-0.4, -0.2) is 55.6 Å². The number of hydrogen-bond acceptors (Lipinski definition) is 8. The first-order chi connectivity index (χ1) is 14.0. The third-order valence-electron chi connectivity index (χ3n) is 4.25. The third kappa shape index (κ3) is 4.09. The summed E-state index contributed by atoms with van der Waals surface area (Å²) < 4.78 is 15.1. The predicted octanol–water partition coefficient (Wildman–Crippen LogP) is 1.84. The summed E-state index contributed by atoms with van der Waals surface area (Å²) in [6, 6.07) is 11.6. The van der Waals surface area contributed by atoms with E-state index in [0.29, 0.717) is 16.9 Å². The van der Waals surface area contributed by atoms with E-state index < -0.39 is 17.9 Å². The standard InChI is InChI=1S/C20H18N2O7/c1-27-19(25)14-10-29-11-22(17(14)20(26)28-2)13-6-3-5-12(9-13)15-7-4-8-16(21-15)18(23)24/h3-9H,10-11H2,1-2H3,(H,23,24). The lowest BCUT2D eigenvalue weighted by Gasteiger charge is -2.31. The fourth-order valence-corrected chi connectivity index (χ4v) is 2.90. The van der Waals surface area contributed by atoms with E-state index >= 15 is 0 Å². The van der Waals surface area contributed by atoms with E-state index in [4.69, 9.17) is 19.3 Å². The molecular formula is C20H18N2O7. The molecule has 1 aliphatic heterocycles. The highest BCUT2D eigenvalue weighted by atomic mass is 16.5. The number of carboxylic acids is 1. The van der Waals surface area contributed by atoms with Crippen LogP contribution in [-0.2, 0) is 23.8 Å². The quantitative estimate of drug-likeness (QED) is 0.753. The largest absolute Gasteiger partial charge is 0.477 e. The van der Waals surface area contributed by atoms with Gasteiger partial charge in [0, 0.05) is 11.3 Å². The van der Waals surface area contributed by atoms with E-state index in [2.05, 4.69) is 4.98 Å². The van der Waals surface area contributed by atoms with E-state index in [1.807, 2.05) is 0 Å². The zero-order chi connectivity index (χ0) is 21.0. The highest BCUT2D eigenvalue weighted by Gasteiger charge is 2.32. The Balaban J connectivity index is 2.07. The lowest BCUT2D eigenvalue weighted by atomic mass is 10.1. The molecule has 29 heavy (non-hydrogen) atoms. The molecule has 9 heteroatoms. The van der Waals surface area contributed by atoms with E-state index in [0.717, 1.165) is 0 Å². The van der Waals surface area contributed by atoms with Crippen LogP contribution in [0.1, 0.15) is 10.5 Å². The number of methoxy groups -OCH3 is 2. The van der Waals surface area contributed by atoms with Gasteiger partial charge in [0.1, 0.15) is 18.1 Å². The highest BCUT2D eigenvalue weighted by Crippen LogP contribution is 2.30. The monoisotopic (exact) mass is 398 g/mol. The molecule has 9 nitrogen and oxygen atoms in total. The number of rotatable bonds is 5. The van der Waals surface area contributed by atoms with Crippen molar-refractivity contribution < 1.29 is 33.7 Å². The molecule has 2 heterocycles. The molecule has 0 unspecified atom stereocenters. The van der Waals surface area contributed by atoms with Gasteiger partial charge in [-0.3, -0.25) is 0 Å². The van der Waals surface area contributed by atoms with Crippen LogP contribution in [0.2, 0.25) is 0 Å². The number of carboxylic acid groups (broad SMARTS) is 1. The van der Waals surface area contributed by atoms with Crippen molar-refractivity contribution in [2.24, 2.45) is 0 Å². The van der Waals surface area contributed by atoms with Crippen molar-refractivity contribution in [2.45, 2.75) is 0 Å². The summed E-state index contributed by atoms with van der Waals surface area (Å²) in [6.07, 6.45) is 0. The molecule has 2 aromatic rings. The topological polar surface area (TPSA) is 115 Å². The van der Waals surface area contributed by atoms with Gasteiger partial charge < -0.3 is 24.2 Å². The van der Waals surface area contributed by atoms with Crippen LogP contribution in [0.5, 0.6) is 0 Å². The maximum absolute atomic E-state index is 12.4. The van der Waals surface area contributed by atoms with Crippen LogP contribution in [0.15, 0.2) is 53.7 Å². The number of hydrogen-bond donors (Lipinski definition) is 1. The molecule has 150 valence electrons. The molecule has 0 fully saturated rings. The SMILES string of the molecule is COC(=O)C1=C(C(=O)OC)N(c2cccc(-c3cccc(C(=O)O)n3)c2)COC1. The Morgan fingerprint density at radius 3 is 2.48 bits per heavy atom. The summed E-state index contributed by atoms with van der Waals surface area (Å²) in [5, 5.41) is 9.15. The summed E-state index contributed by atoms with van der Waals surface area (Å²) in [5.74, 6) is -2.53. The summed E-state index contributed by atoms with van der Waals surface area (Å²) in [7, 11) is 2.43. The summed E-state index contributed by atoms with van der Waals surface area (Å²) in [5.41, 5.74) is 1.59. The van der Waals surface area contributed by atoms with Gasteiger partial charge in [0.05, 0.1) is 32.1 Å². The van der Waals surface area contributed by atoms with E-state index in [1.54, 1.807) is 36.4 Å². The van der Waals surface area contributed by atoms with Gasteiger partial charge >= 0.3 is 17.9 Å². The van der Waals surface area contributed by atoms with Crippen LogP contribution >= 0.6 is 0 Å². The van der Waals surface area contributed by atoms with Crippen LogP contribution in [0.3, 0.4) is 0 Å². The minimum Gasteiger partial charge on any atom is -0.477 e. The Morgan fingerprint density at radius 1 is 1.07 bits per heavy atom. The Labute approximate surface area is 166 Å². The molecule has 1 N–H and O–H groups in total. The Morgan fingerprint density at radius 2 is 1.79 bits per heavy atom. The van der Waals surface area contributed by atoms with Crippen LogP contribution in [0.25, 0.3) is 11.3 Å². The molecule has 0 saturated carbocycles. The Kier molecular flexibility index (Phi) is 5.89. The number of pyridine rings is 1. The average molecular weight is 398 g/mol. The number of ether oxygens (including phenoxy) is 3. The minimum absolute atomic E-state index is 0.0109. The normalized spacial score (nSPS) is 13.8. The summed E-state index contributed by atoms with van der Waals surface area (Å²) in [4.78, 5) is 41.3. The number of aromatic carboxylic acids is 1. The molecule has 0 bridgehead atoms. The average Bonchev–Trinajstić information content (AvgIpc) is 2.77. The molecule has 0 radical (unpaired) electrons. The van der Waals surface area contributed by atoms with Crippen LogP contribution in [0, 0.1) is 0 Å².